The second-order valence-corrected chi connectivity index (χ2v) is 7.94. The molecule has 7 nitrogen and oxygen atoms in total. The molecule has 1 heterocycles. The van der Waals surface area contributed by atoms with Crippen LogP contribution in [0.25, 0.3) is 0 Å². The van der Waals surface area contributed by atoms with E-state index in [9.17, 15) is 14.4 Å². The van der Waals surface area contributed by atoms with Gasteiger partial charge in [-0.1, -0.05) is 23.7 Å². The molecule has 2 aromatic carbocycles. The van der Waals surface area contributed by atoms with Crippen LogP contribution in [0.1, 0.15) is 13.3 Å². The fourth-order valence-electron chi connectivity index (χ4n) is 2.69. The number of amides is 2. The highest BCUT2D eigenvalue weighted by atomic mass is 35.5. The normalized spacial score (nSPS) is 16.2. The molecule has 2 N–H and O–H groups in total. The van der Waals surface area contributed by atoms with Crippen molar-refractivity contribution in [2.75, 3.05) is 17.7 Å². The molecule has 2 amide bonds. The van der Waals surface area contributed by atoms with Gasteiger partial charge in [-0.3, -0.25) is 14.4 Å². The second kappa shape index (κ2) is 9.19. The average molecular weight is 435 g/mol. The van der Waals surface area contributed by atoms with Crippen LogP contribution in [0.2, 0.25) is 5.02 Å². The maximum Gasteiger partial charge on any atom is 0.308 e. The number of carbonyl (C=O) groups is 3. The van der Waals surface area contributed by atoms with Gasteiger partial charge < -0.3 is 20.1 Å². The molecule has 29 heavy (non-hydrogen) atoms. The quantitative estimate of drug-likeness (QED) is 0.673. The van der Waals surface area contributed by atoms with Gasteiger partial charge in [0.1, 0.15) is 5.75 Å². The highest BCUT2D eigenvalue weighted by Gasteiger charge is 2.30. The molecular formula is C20H19ClN2O5S. The highest BCUT2D eigenvalue weighted by molar-refractivity contribution is 8.01. The van der Waals surface area contributed by atoms with E-state index in [1.165, 1.54) is 31.9 Å². The Morgan fingerprint density at radius 1 is 1.28 bits per heavy atom. The molecule has 0 aromatic heterocycles. The summed E-state index contributed by atoms with van der Waals surface area (Å²) < 4.78 is 10.4. The van der Waals surface area contributed by atoms with Crippen LogP contribution in [-0.4, -0.2) is 36.2 Å². The lowest BCUT2D eigenvalue weighted by Gasteiger charge is -2.23. The van der Waals surface area contributed by atoms with Gasteiger partial charge in [-0.25, -0.2) is 0 Å². The number of thioether (sulfide) groups is 1. The van der Waals surface area contributed by atoms with E-state index in [1.54, 1.807) is 18.2 Å². The summed E-state index contributed by atoms with van der Waals surface area (Å²) in [5.41, 5.74) is 1.09. The maximum atomic E-state index is 12.4. The van der Waals surface area contributed by atoms with Crippen molar-refractivity contribution < 1.29 is 23.9 Å². The minimum atomic E-state index is -1.06. The minimum absolute atomic E-state index is 0.150. The summed E-state index contributed by atoms with van der Waals surface area (Å²) in [6.45, 7) is 1.45. The van der Waals surface area contributed by atoms with E-state index in [0.29, 0.717) is 16.5 Å². The van der Waals surface area contributed by atoms with Gasteiger partial charge in [-0.2, -0.15) is 0 Å². The number of esters is 1. The number of methoxy groups -OCH3 is 1. The van der Waals surface area contributed by atoms with Crippen LogP contribution in [0.3, 0.4) is 0 Å². The Balaban J connectivity index is 1.57. The largest absolute Gasteiger partial charge is 0.495 e. The molecule has 0 saturated carbocycles. The number of para-hydroxylation sites is 1. The Morgan fingerprint density at radius 3 is 2.79 bits per heavy atom. The van der Waals surface area contributed by atoms with Crippen molar-refractivity contribution in [1.82, 2.24) is 0 Å². The summed E-state index contributed by atoms with van der Waals surface area (Å²) in [6, 6.07) is 12.1. The number of carbonyl (C=O) groups excluding carboxylic acids is 3. The predicted molar refractivity (Wildman–Crippen MR) is 112 cm³/mol. The van der Waals surface area contributed by atoms with Crippen LogP contribution in [0.5, 0.6) is 5.75 Å². The highest BCUT2D eigenvalue weighted by Crippen LogP contribution is 2.36. The number of fused-ring (bicyclic) bond motifs is 1. The molecule has 2 atom stereocenters. The maximum absolute atomic E-state index is 12.4. The molecule has 0 radical (unpaired) electrons. The van der Waals surface area contributed by atoms with Gasteiger partial charge in [0.05, 0.1) is 30.2 Å². The number of rotatable bonds is 6. The SMILES string of the molecule is COc1ccc(Cl)cc1NC(=O)C(C)OC(=O)CC1Sc2ccccc2NC1=O. The zero-order valence-electron chi connectivity index (χ0n) is 15.7. The number of benzene rings is 2. The van der Waals surface area contributed by atoms with Crippen molar-refractivity contribution in [2.24, 2.45) is 0 Å². The van der Waals surface area contributed by atoms with Gasteiger partial charge >= 0.3 is 5.97 Å². The van der Waals surface area contributed by atoms with Gasteiger partial charge in [-0.05, 0) is 37.3 Å². The van der Waals surface area contributed by atoms with E-state index < -0.39 is 23.2 Å². The summed E-state index contributed by atoms with van der Waals surface area (Å²) in [7, 11) is 1.47. The second-order valence-electron chi connectivity index (χ2n) is 6.26. The first-order chi connectivity index (χ1) is 13.9. The first-order valence-corrected chi connectivity index (χ1v) is 10.0. The zero-order chi connectivity index (χ0) is 21.0. The first-order valence-electron chi connectivity index (χ1n) is 8.78. The third-order valence-electron chi connectivity index (χ3n) is 4.16. The topological polar surface area (TPSA) is 93.7 Å². The predicted octanol–water partition coefficient (Wildman–Crippen LogP) is 3.72. The molecule has 0 aliphatic carbocycles. The number of nitrogens with one attached hydrogen (secondary N) is 2. The number of hydrogen-bond acceptors (Lipinski definition) is 6. The minimum Gasteiger partial charge on any atom is -0.495 e. The summed E-state index contributed by atoms with van der Waals surface area (Å²) in [4.78, 5) is 37.7. The Labute approximate surface area is 177 Å². The van der Waals surface area contributed by atoms with Crippen LogP contribution >= 0.6 is 23.4 Å². The van der Waals surface area contributed by atoms with Crippen molar-refractivity contribution in [3.8, 4) is 5.75 Å². The van der Waals surface area contributed by atoms with Crippen LogP contribution in [-0.2, 0) is 19.1 Å². The number of ether oxygens (including phenoxy) is 2. The standard InChI is InChI=1S/C20H19ClN2O5S/c1-11(19(25)23-14-9-12(21)7-8-15(14)27-2)28-18(24)10-17-20(26)22-13-5-3-4-6-16(13)29-17/h3-9,11,17H,10H2,1-2H3,(H,22,26)(H,23,25). The summed E-state index contributed by atoms with van der Waals surface area (Å²) in [5.74, 6) is -1.02. The lowest BCUT2D eigenvalue weighted by Crippen LogP contribution is -2.34. The summed E-state index contributed by atoms with van der Waals surface area (Å²) in [6.07, 6.45) is -1.21. The zero-order valence-corrected chi connectivity index (χ0v) is 17.3. The third-order valence-corrected chi connectivity index (χ3v) is 5.67. The molecule has 2 aromatic rings. The first kappa shape index (κ1) is 21.0. The van der Waals surface area contributed by atoms with Gasteiger partial charge in [-0.15, -0.1) is 11.8 Å². The molecule has 1 aliphatic rings. The van der Waals surface area contributed by atoms with E-state index in [0.717, 1.165) is 10.6 Å². The molecule has 0 bridgehead atoms. The third kappa shape index (κ3) is 5.21. The smallest absolute Gasteiger partial charge is 0.308 e. The van der Waals surface area contributed by atoms with Crippen LogP contribution in [0.4, 0.5) is 11.4 Å². The van der Waals surface area contributed by atoms with Crippen molar-refractivity contribution in [3.05, 3.63) is 47.5 Å². The lowest BCUT2D eigenvalue weighted by molar-refractivity contribution is -0.153. The van der Waals surface area contributed by atoms with Crippen molar-refractivity contribution >= 4 is 52.5 Å². The van der Waals surface area contributed by atoms with Crippen molar-refractivity contribution in [1.29, 1.82) is 0 Å². The number of anilines is 2. The van der Waals surface area contributed by atoms with Crippen molar-refractivity contribution in [3.63, 3.8) is 0 Å². The Morgan fingerprint density at radius 2 is 2.03 bits per heavy atom. The van der Waals surface area contributed by atoms with Gasteiger partial charge in [0.15, 0.2) is 6.10 Å². The van der Waals surface area contributed by atoms with Crippen LogP contribution in [0, 0.1) is 0 Å². The molecule has 3 rings (SSSR count). The van der Waals surface area contributed by atoms with Gasteiger partial charge in [0.2, 0.25) is 5.91 Å². The monoisotopic (exact) mass is 434 g/mol. The fraction of sp³-hybridized carbons (Fsp3) is 0.250. The summed E-state index contributed by atoms with van der Waals surface area (Å²) >= 11 is 7.24. The summed E-state index contributed by atoms with van der Waals surface area (Å²) in [5, 5.41) is 5.19. The molecule has 2 unspecified atom stereocenters. The van der Waals surface area contributed by atoms with Gasteiger partial charge in [0, 0.05) is 9.92 Å². The molecule has 9 heteroatoms. The average Bonchev–Trinajstić information content (AvgIpc) is 2.68. The van der Waals surface area contributed by atoms with Crippen LogP contribution in [0.15, 0.2) is 47.4 Å². The van der Waals surface area contributed by atoms with E-state index in [1.807, 2.05) is 18.2 Å². The van der Waals surface area contributed by atoms with Crippen LogP contribution < -0.4 is 15.4 Å². The van der Waals surface area contributed by atoms with Crippen molar-refractivity contribution in [2.45, 2.75) is 29.6 Å². The van der Waals surface area contributed by atoms with E-state index >= 15 is 0 Å². The number of halogens is 1. The molecule has 152 valence electrons. The van der Waals surface area contributed by atoms with E-state index in [2.05, 4.69) is 10.6 Å². The molecule has 0 spiro atoms. The Kier molecular flexibility index (Phi) is 6.66. The van der Waals surface area contributed by atoms with Gasteiger partial charge in [0.25, 0.3) is 5.91 Å². The Hall–Kier alpha value is -2.71. The molecule has 1 aliphatic heterocycles. The lowest BCUT2D eigenvalue weighted by atomic mass is 10.2. The molecular weight excluding hydrogens is 416 g/mol. The van der Waals surface area contributed by atoms with E-state index in [-0.39, 0.29) is 12.3 Å². The Bertz CT molecular complexity index is 952. The fourth-order valence-corrected chi connectivity index (χ4v) is 3.96. The molecule has 0 fully saturated rings. The molecule has 0 saturated heterocycles. The van der Waals surface area contributed by atoms with E-state index in [4.69, 9.17) is 21.1 Å². The number of hydrogen-bond donors (Lipinski definition) is 2.